The third-order valence-corrected chi connectivity index (χ3v) is 5.27. The number of aromatic amines is 3. The minimum Gasteiger partial charge on any atom is -0.494 e. The van der Waals surface area contributed by atoms with Crippen molar-refractivity contribution >= 4 is 39.7 Å². The zero-order valence-corrected chi connectivity index (χ0v) is 16.6. The van der Waals surface area contributed by atoms with Crippen molar-refractivity contribution in [1.82, 2.24) is 25.3 Å². The number of benzene rings is 2. The first-order valence-electron chi connectivity index (χ1n) is 8.78. The molecule has 0 fully saturated rings. The van der Waals surface area contributed by atoms with Crippen molar-refractivity contribution < 1.29 is 14.3 Å². The summed E-state index contributed by atoms with van der Waals surface area (Å²) in [6, 6.07) is 9.08. The van der Waals surface area contributed by atoms with E-state index in [1.54, 1.807) is 32.4 Å². The molecule has 4 rings (SSSR count). The van der Waals surface area contributed by atoms with Crippen LogP contribution in [0.2, 0.25) is 0 Å². The summed E-state index contributed by atoms with van der Waals surface area (Å²) in [5, 5.41) is 3.47. The molecular weight excluding hydrogens is 394 g/mol. The van der Waals surface area contributed by atoms with Crippen molar-refractivity contribution in [1.29, 1.82) is 0 Å². The topological polar surface area (TPSA) is 125 Å². The Morgan fingerprint density at radius 2 is 1.83 bits per heavy atom. The second kappa shape index (κ2) is 7.92. The minimum absolute atomic E-state index is 0.128. The van der Waals surface area contributed by atoms with E-state index < -0.39 is 0 Å². The summed E-state index contributed by atoms with van der Waals surface area (Å²) in [4.78, 5) is 36.6. The third-order valence-electron chi connectivity index (χ3n) is 4.40. The lowest BCUT2D eigenvalue weighted by atomic mass is 10.2. The number of fused-ring (bicyclic) bond motifs is 2. The average Bonchev–Trinajstić information content (AvgIpc) is 3.32. The predicted octanol–water partition coefficient (Wildman–Crippen LogP) is 2.16. The number of nitrogens with one attached hydrogen (secondary N) is 4. The molecule has 0 unspecified atom stereocenters. The average molecular weight is 413 g/mol. The number of rotatable bonds is 7. The van der Waals surface area contributed by atoms with E-state index in [0.29, 0.717) is 34.2 Å². The standard InChI is InChI=1S/C19H19N5O4S/c1-27-13-5-6-14(28-2)17-16(13)23-19(24-17)29-9-15(25)20-8-10-3-4-11-12(7-10)22-18(26)21-11/h3-7H,8-9H2,1-2H3,(H,20,25)(H,23,24)(H2,21,22,26). The Bertz CT molecular complexity index is 1200. The van der Waals surface area contributed by atoms with E-state index in [-0.39, 0.29) is 17.3 Å². The molecule has 0 saturated heterocycles. The van der Waals surface area contributed by atoms with Gasteiger partial charge in [-0.05, 0) is 29.8 Å². The number of hydrogen-bond donors (Lipinski definition) is 4. The van der Waals surface area contributed by atoms with Crippen LogP contribution >= 0.6 is 11.8 Å². The molecule has 2 heterocycles. The molecule has 0 aliphatic carbocycles. The minimum atomic E-state index is -0.253. The van der Waals surface area contributed by atoms with Gasteiger partial charge in [0.1, 0.15) is 22.5 Å². The molecule has 2 aromatic heterocycles. The maximum Gasteiger partial charge on any atom is 0.323 e. The summed E-state index contributed by atoms with van der Waals surface area (Å²) < 4.78 is 10.7. The number of hydrogen-bond acceptors (Lipinski definition) is 6. The van der Waals surface area contributed by atoms with Crippen LogP contribution in [-0.2, 0) is 11.3 Å². The first kappa shape index (κ1) is 18.9. The lowest BCUT2D eigenvalue weighted by Gasteiger charge is -2.04. The van der Waals surface area contributed by atoms with Crippen molar-refractivity contribution in [3.63, 3.8) is 0 Å². The number of ether oxygens (including phenoxy) is 2. The number of carbonyl (C=O) groups is 1. The highest BCUT2D eigenvalue weighted by atomic mass is 32.2. The molecule has 4 aromatic rings. The fourth-order valence-corrected chi connectivity index (χ4v) is 3.70. The van der Waals surface area contributed by atoms with E-state index in [9.17, 15) is 9.59 Å². The molecule has 0 atom stereocenters. The zero-order chi connectivity index (χ0) is 20.4. The second-order valence-electron chi connectivity index (χ2n) is 6.26. The number of amides is 1. The van der Waals surface area contributed by atoms with Gasteiger partial charge in [0.15, 0.2) is 5.16 Å². The number of imidazole rings is 2. The maximum absolute atomic E-state index is 12.2. The van der Waals surface area contributed by atoms with Gasteiger partial charge in [0.25, 0.3) is 0 Å². The quantitative estimate of drug-likeness (QED) is 0.344. The largest absolute Gasteiger partial charge is 0.494 e. The number of carbonyl (C=O) groups excluding carboxylic acids is 1. The number of thioether (sulfide) groups is 1. The predicted molar refractivity (Wildman–Crippen MR) is 111 cm³/mol. The molecule has 0 bridgehead atoms. The summed E-state index contributed by atoms with van der Waals surface area (Å²) in [5.41, 5.74) is 3.46. The van der Waals surface area contributed by atoms with Gasteiger partial charge in [0.05, 0.1) is 31.0 Å². The van der Waals surface area contributed by atoms with Crippen molar-refractivity contribution in [2.24, 2.45) is 0 Å². The maximum atomic E-state index is 12.2. The lowest BCUT2D eigenvalue weighted by Crippen LogP contribution is -2.24. The smallest absolute Gasteiger partial charge is 0.323 e. The van der Waals surface area contributed by atoms with Gasteiger partial charge in [-0.15, -0.1) is 0 Å². The van der Waals surface area contributed by atoms with Gasteiger partial charge in [-0.1, -0.05) is 17.8 Å². The summed E-state index contributed by atoms with van der Waals surface area (Å²) in [6.07, 6.45) is 0. The summed E-state index contributed by atoms with van der Waals surface area (Å²) in [6.45, 7) is 0.365. The summed E-state index contributed by atoms with van der Waals surface area (Å²) in [7, 11) is 3.17. The van der Waals surface area contributed by atoms with E-state index in [1.165, 1.54) is 11.8 Å². The number of nitrogens with zero attached hydrogens (tertiary/aromatic N) is 1. The van der Waals surface area contributed by atoms with Crippen LogP contribution in [0.3, 0.4) is 0 Å². The van der Waals surface area contributed by atoms with Gasteiger partial charge >= 0.3 is 5.69 Å². The Kier molecular flexibility index (Phi) is 5.17. The normalized spacial score (nSPS) is 11.1. The molecule has 29 heavy (non-hydrogen) atoms. The van der Waals surface area contributed by atoms with Crippen molar-refractivity contribution in [2.75, 3.05) is 20.0 Å². The first-order valence-corrected chi connectivity index (χ1v) is 9.77. The third kappa shape index (κ3) is 3.92. The Balaban J connectivity index is 1.39. The highest BCUT2D eigenvalue weighted by Gasteiger charge is 2.14. The van der Waals surface area contributed by atoms with Crippen LogP contribution in [0.25, 0.3) is 22.1 Å². The van der Waals surface area contributed by atoms with E-state index in [1.807, 2.05) is 12.1 Å². The molecule has 1 amide bonds. The molecule has 0 radical (unpaired) electrons. The van der Waals surface area contributed by atoms with E-state index in [2.05, 4.69) is 25.3 Å². The molecule has 0 aliphatic rings. The van der Waals surface area contributed by atoms with Crippen LogP contribution in [0.5, 0.6) is 11.5 Å². The number of H-pyrrole nitrogens is 3. The summed E-state index contributed by atoms with van der Waals surface area (Å²) >= 11 is 1.29. The number of methoxy groups -OCH3 is 2. The van der Waals surface area contributed by atoms with E-state index >= 15 is 0 Å². The molecule has 4 N–H and O–H groups in total. The SMILES string of the molecule is COc1ccc(OC)c2[nH]c(SCC(=O)NCc3ccc4[nH]c(=O)[nH]c4c3)nc12. The lowest BCUT2D eigenvalue weighted by molar-refractivity contribution is -0.118. The van der Waals surface area contributed by atoms with Gasteiger partial charge in [-0.25, -0.2) is 9.78 Å². The van der Waals surface area contributed by atoms with Crippen molar-refractivity contribution in [2.45, 2.75) is 11.7 Å². The Morgan fingerprint density at radius 3 is 2.62 bits per heavy atom. The Morgan fingerprint density at radius 1 is 1.07 bits per heavy atom. The van der Waals surface area contributed by atoms with Gasteiger partial charge in [-0.3, -0.25) is 4.79 Å². The molecule has 2 aromatic carbocycles. The molecule has 0 aliphatic heterocycles. The molecule has 10 heteroatoms. The summed E-state index contributed by atoms with van der Waals surface area (Å²) in [5.74, 6) is 1.36. The molecule has 0 saturated carbocycles. The number of aromatic nitrogens is 4. The molecule has 150 valence electrons. The van der Waals surface area contributed by atoms with Crippen LogP contribution < -0.4 is 20.5 Å². The van der Waals surface area contributed by atoms with E-state index in [4.69, 9.17) is 9.47 Å². The van der Waals surface area contributed by atoms with Crippen molar-refractivity contribution in [3.8, 4) is 11.5 Å². The van der Waals surface area contributed by atoms with Crippen LogP contribution in [0.1, 0.15) is 5.56 Å². The monoisotopic (exact) mass is 413 g/mol. The van der Waals surface area contributed by atoms with E-state index in [0.717, 1.165) is 16.6 Å². The highest BCUT2D eigenvalue weighted by molar-refractivity contribution is 7.99. The van der Waals surface area contributed by atoms with Gasteiger partial charge in [0.2, 0.25) is 5.91 Å². The molecular formula is C19H19N5O4S. The zero-order valence-electron chi connectivity index (χ0n) is 15.8. The van der Waals surface area contributed by atoms with Crippen LogP contribution in [0.15, 0.2) is 40.3 Å². The van der Waals surface area contributed by atoms with Gasteiger partial charge in [-0.2, -0.15) is 0 Å². The highest BCUT2D eigenvalue weighted by Crippen LogP contribution is 2.33. The van der Waals surface area contributed by atoms with Crippen LogP contribution in [0, 0.1) is 0 Å². The van der Waals surface area contributed by atoms with Crippen molar-refractivity contribution in [3.05, 3.63) is 46.4 Å². The second-order valence-corrected chi connectivity index (χ2v) is 7.22. The van der Waals surface area contributed by atoms with Crippen LogP contribution in [0.4, 0.5) is 0 Å². The van der Waals surface area contributed by atoms with Gasteiger partial charge < -0.3 is 29.7 Å². The van der Waals surface area contributed by atoms with Gasteiger partial charge in [0, 0.05) is 6.54 Å². The Labute approximate surface area is 169 Å². The molecule has 9 nitrogen and oxygen atoms in total. The fraction of sp³-hybridized carbons (Fsp3) is 0.211. The first-order chi connectivity index (χ1) is 14.1. The fourth-order valence-electron chi connectivity index (χ4n) is 3.00. The van der Waals surface area contributed by atoms with Crippen LogP contribution in [-0.4, -0.2) is 45.8 Å². The molecule has 0 spiro atoms. The Hall–Kier alpha value is -3.40.